The number of halogens is 1. The molecule has 0 saturated heterocycles. The minimum Gasteiger partial charge on any atom is -0.468 e. The highest BCUT2D eigenvalue weighted by Gasteiger charge is 2.05. The Morgan fingerprint density at radius 2 is 2.18 bits per heavy atom. The van der Waals surface area contributed by atoms with E-state index in [9.17, 15) is 9.18 Å². The minimum atomic E-state index is -0.616. The first-order valence-electron chi connectivity index (χ1n) is 4.87. The number of para-hydroxylation sites is 1. The maximum atomic E-state index is 13.2. The van der Waals surface area contributed by atoms with Crippen molar-refractivity contribution in [2.24, 2.45) is 5.73 Å². The monoisotopic (exact) mass is 235 g/mol. The lowest BCUT2D eigenvalue weighted by Crippen LogP contribution is -2.13. The van der Waals surface area contributed by atoms with Gasteiger partial charge in [0.1, 0.15) is 5.69 Å². The third-order valence-electron chi connectivity index (χ3n) is 2.08. The average molecular weight is 235 g/mol. The fourth-order valence-electron chi connectivity index (χ4n) is 1.26. The number of amides is 1. The van der Waals surface area contributed by atoms with Gasteiger partial charge < -0.3 is 10.5 Å². The Morgan fingerprint density at radius 1 is 1.41 bits per heavy atom. The number of hydrogen-bond donors (Lipinski definition) is 1. The zero-order valence-electron chi connectivity index (χ0n) is 8.84. The standard InChI is InChI=1S/C11H10FN3O2/c12-8-3-1-2-4-10(8)17-7-15-6-5-9(14-15)11(13)16/h1-6H,7H2,(H2,13,16). The molecule has 1 amide bonds. The van der Waals surface area contributed by atoms with E-state index in [4.69, 9.17) is 10.5 Å². The number of nitrogens with zero attached hydrogens (tertiary/aromatic N) is 2. The van der Waals surface area contributed by atoms with E-state index >= 15 is 0 Å². The lowest BCUT2D eigenvalue weighted by atomic mass is 10.3. The Balaban J connectivity index is 2.02. The van der Waals surface area contributed by atoms with Gasteiger partial charge >= 0.3 is 0 Å². The lowest BCUT2D eigenvalue weighted by Gasteiger charge is -2.06. The van der Waals surface area contributed by atoms with E-state index in [1.165, 1.54) is 29.1 Å². The van der Waals surface area contributed by atoms with Gasteiger partial charge in [0.2, 0.25) is 0 Å². The summed E-state index contributed by atoms with van der Waals surface area (Å²) in [6.07, 6.45) is 1.53. The zero-order chi connectivity index (χ0) is 12.3. The molecule has 0 bridgehead atoms. The van der Waals surface area contributed by atoms with Crippen LogP contribution in [0.1, 0.15) is 10.5 Å². The van der Waals surface area contributed by atoms with Crippen molar-refractivity contribution in [2.45, 2.75) is 6.73 Å². The molecule has 2 N–H and O–H groups in total. The molecule has 0 spiro atoms. The molecule has 1 heterocycles. The summed E-state index contributed by atoms with van der Waals surface area (Å²) in [6.45, 7) is 0.00815. The smallest absolute Gasteiger partial charge is 0.269 e. The van der Waals surface area contributed by atoms with E-state index in [0.29, 0.717) is 0 Å². The maximum Gasteiger partial charge on any atom is 0.269 e. The number of carbonyl (C=O) groups is 1. The van der Waals surface area contributed by atoms with Crippen LogP contribution in [0, 0.1) is 5.82 Å². The summed E-state index contributed by atoms with van der Waals surface area (Å²) < 4.78 is 19.7. The molecule has 5 nitrogen and oxygen atoms in total. The number of carbonyl (C=O) groups excluding carboxylic acids is 1. The molecule has 0 aliphatic heterocycles. The SMILES string of the molecule is NC(=O)c1ccn(COc2ccccc2F)n1. The van der Waals surface area contributed by atoms with Gasteiger partial charge in [-0.2, -0.15) is 5.10 Å². The molecular formula is C11H10FN3O2. The predicted molar refractivity (Wildman–Crippen MR) is 57.8 cm³/mol. The Hall–Kier alpha value is -2.37. The maximum absolute atomic E-state index is 13.2. The van der Waals surface area contributed by atoms with Crippen molar-refractivity contribution >= 4 is 5.91 Å². The highest BCUT2D eigenvalue weighted by molar-refractivity contribution is 5.90. The molecule has 0 radical (unpaired) electrons. The van der Waals surface area contributed by atoms with E-state index in [0.717, 1.165) is 0 Å². The summed E-state index contributed by atoms with van der Waals surface area (Å²) in [5.41, 5.74) is 5.18. The normalized spacial score (nSPS) is 10.2. The number of benzene rings is 1. The van der Waals surface area contributed by atoms with Crippen molar-refractivity contribution in [1.82, 2.24) is 9.78 Å². The zero-order valence-corrected chi connectivity index (χ0v) is 8.84. The van der Waals surface area contributed by atoms with Crippen LogP contribution in [0.5, 0.6) is 5.75 Å². The van der Waals surface area contributed by atoms with Crippen molar-refractivity contribution in [1.29, 1.82) is 0 Å². The quantitative estimate of drug-likeness (QED) is 0.864. The Labute approximate surface area is 96.6 Å². The van der Waals surface area contributed by atoms with Gasteiger partial charge in [0.05, 0.1) is 0 Å². The fourth-order valence-corrected chi connectivity index (χ4v) is 1.26. The first kappa shape index (κ1) is 11.1. The number of primary amides is 1. The molecule has 0 atom stereocenters. The Kier molecular flexibility index (Phi) is 3.04. The second-order valence-corrected chi connectivity index (χ2v) is 3.31. The highest BCUT2D eigenvalue weighted by Crippen LogP contribution is 2.15. The van der Waals surface area contributed by atoms with E-state index in [1.807, 2.05) is 0 Å². The molecule has 0 saturated carbocycles. The van der Waals surface area contributed by atoms with Crippen LogP contribution in [0.25, 0.3) is 0 Å². The van der Waals surface area contributed by atoms with Crippen molar-refractivity contribution in [3.8, 4) is 5.75 Å². The van der Waals surface area contributed by atoms with Crippen LogP contribution in [0.4, 0.5) is 4.39 Å². The van der Waals surface area contributed by atoms with Crippen LogP contribution in [0.3, 0.4) is 0 Å². The van der Waals surface area contributed by atoms with Crippen molar-refractivity contribution in [2.75, 3.05) is 0 Å². The number of ether oxygens (including phenoxy) is 1. The van der Waals surface area contributed by atoms with E-state index in [-0.39, 0.29) is 18.2 Å². The van der Waals surface area contributed by atoms with Gasteiger partial charge in [-0.15, -0.1) is 0 Å². The van der Waals surface area contributed by atoms with Gasteiger partial charge in [-0.1, -0.05) is 12.1 Å². The van der Waals surface area contributed by atoms with Crippen molar-refractivity contribution in [3.05, 3.63) is 48.0 Å². The molecule has 0 aliphatic carbocycles. The Morgan fingerprint density at radius 3 is 2.82 bits per heavy atom. The molecule has 1 aromatic heterocycles. The molecule has 0 fully saturated rings. The summed E-state index contributed by atoms with van der Waals surface area (Å²) >= 11 is 0. The molecule has 0 aliphatic rings. The highest BCUT2D eigenvalue weighted by atomic mass is 19.1. The van der Waals surface area contributed by atoms with E-state index in [2.05, 4.69) is 5.10 Å². The summed E-state index contributed by atoms with van der Waals surface area (Å²) in [5.74, 6) is -0.937. The second kappa shape index (κ2) is 4.65. The van der Waals surface area contributed by atoms with Crippen LogP contribution < -0.4 is 10.5 Å². The van der Waals surface area contributed by atoms with Crippen molar-refractivity contribution < 1.29 is 13.9 Å². The Bertz CT molecular complexity index is 539. The van der Waals surface area contributed by atoms with Gasteiger partial charge in [0, 0.05) is 6.20 Å². The van der Waals surface area contributed by atoms with Crippen LogP contribution in [0.2, 0.25) is 0 Å². The van der Waals surface area contributed by atoms with Gasteiger partial charge in [-0.05, 0) is 18.2 Å². The molecule has 6 heteroatoms. The third-order valence-corrected chi connectivity index (χ3v) is 2.08. The van der Waals surface area contributed by atoms with Crippen LogP contribution >= 0.6 is 0 Å². The summed E-state index contributed by atoms with van der Waals surface area (Å²) in [7, 11) is 0. The van der Waals surface area contributed by atoms with Gasteiger partial charge in [-0.3, -0.25) is 4.79 Å². The third kappa shape index (κ3) is 2.60. The minimum absolute atomic E-state index is 0.00815. The van der Waals surface area contributed by atoms with Gasteiger partial charge in [-0.25, -0.2) is 9.07 Å². The first-order valence-corrected chi connectivity index (χ1v) is 4.87. The molecule has 88 valence electrons. The van der Waals surface area contributed by atoms with Gasteiger partial charge in [0.25, 0.3) is 5.91 Å². The number of aromatic nitrogens is 2. The lowest BCUT2D eigenvalue weighted by molar-refractivity contribution is 0.0993. The predicted octanol–water partition coefficient (Wildman–Crippen LogP) is 1.16. The van der Waals surface area contributed by atoms with Crippen LogP contribution in [-0.2, 0) is 6.73 Å². The summed E-state index contributed by atoms with van der Waals surface area (Å²) in [6, 6.07) is 7.51. The number of nitrogens with two attached hydrogens (primary N) is 1. The first-order chi connectivity index (χ1) is 8.16. The van der Waals surface area contributed by atoms with Gasteiger partial charge in [0.15, 0.2) is 18.3 Å². The van der Waals surface area contributed by atoms with E-state index < -0.39 is 11.7 Å². The largest absolute Gasteiger partial charge is 0.468 e. The summed E-state index contributed by atoms with van der Waals surface area (Å²) in [5, 5.41) is 3.85. The average Bonchev–Trinajstić information content (AvgIpc) is 2.77. The molecule has 2 rings (SSSR count). The number of hydrogen-bond acceptors (Lipinski definition) is 3. The fraction of sp³-hybridized carbons (Fsp3) is 0.0909. The molecule has 1 aromatic carbocycles. The van der Waals surface area contributed by atoms with E-state index in [1.54, 1.807) is 12.1 Å². The van der Waals surface area contributed by atoms with Crippen LogP contribution in [0.15, 0.2) is 36.5 Å². The van der Waals surface area contributed by atoms with Crippen molar-refractivity contribution in [3.63, 3.8) is 0 Å². The summed E-state index contributed by atoms with van der Waals surface area (Å²) in [4.78, 5) is 10.8. The molecule has 2 aromatic rings. The molecule has 17 heavy (non-hydrogen) atoms. The van der Waals surface area contributed by atoms with Crippen LogP contribution in [-0.4, -0.2) is 15.7 Å². The number of rotatable bonds is 4. The molecular weight excluding hydrogens is 225 g/mol. The molecule has 0 unspecified atom stereocenters. The topological polar surface area (TPSA) is 70.1 Å². The second-order valence-electron chi connectivity index (χ2n) is 3.31.